The van der Waals surface area contributed by atoms with Gasteiger partial charge in [0.1, 0.15) is 17.5 Å². The molecule has 0 bridgehead atoms. The number of hydrogen-bond acceptors (Lipinski definition) is 6. The van der Waals surface area contributed by atoms with E-state index in [1.165, 1.54) is 30.0 Å². The van der Waals surface area contributed by atoms with Crippen molar-refractivity contribution in [2.45, 2.75) is 10.9 Å². The topological polar surface area (TPSA) is 104 Å². The van der Waals surface area contributed by atoms with E-state index in [-0.39, 0.29) is 5.69 Å². The molecule has 0 aliphatic heterocycles. The smallest absolute Gasteiger partial charge is 0.191 e. The van der Waals surface area contributed by atoms with Crippen molar-refractivity contribution in [1.82, 2.24) is 9.97 Å². The van der Waals surface area contributed by atoms with E-state index in [1.54, 1.807) is 6.07 Å². The van der Waals surface area contributed by atoms with E-state index >= 15 is 0 Å². The van der Waals surface area contributed by atoms with Crippen molar-refractivity contribution >= 4 is 29.1 Å². The minimum absolute atomic E-state index is 0.133. The maximum Gasteiger partial charge on any atom is 0.191 e. The summed E-state index contributed by atoms with van der Waals surface area (Å²) in [6.07, 6.45) is 0. The van der Waals surface area contributed by atoms with Gasteiger partial charge in [-0.15, -0.1) is 0 Å². The Labute approximate surface area is 108 Å². The number of anilines is 3. The SMILES string of the molecule is Nc1cc(N)nc(SCc2ccc(N)c(F)c2)n1. The number of halogens is 1. The highest BCUT2D eigenvalue weighted by atomic mass is 32.2. The van der Waals surface area contributed by atoms with E-state index in [9.17, 15) is 4.39 Å². The van der Waals surface area contributed by atoms with Crippen molar-refractivity contribution in [2.75, 3.05) is 17.2 Å². The highest BCUT2D eigenvalue weighted by molar-refractivity contribution is 7.98. The third kappa shape index (κ3) is 3.01. The van der Waals surface area contributed by atoms with Crippen LogP contribution in [0.3, 0.4) is 0 Å². The molecule has 5 nitrogen and oxygen atoms in total. The predicted molar refractivity (Wildman–Crippen MR) is 71.2 cm³/mol. The Kier molecular flexibility index (Phi) is 3.52. The third-order valence-electron chi connectivity index (χ3n) is 2.18. The minimum Gasteiger partial charge on any atom is -0.396 e. The fourth-order valence-corrected chi connectivity index (χ4v) is 2.15. The second kappa shape index (κ2) is 5.09. The van der Waals surface area contributed by atoms with Crippen LogP contribution in [0, 0.1) is 5.82 Å². The monoisotopic (exact) mass is 265 g/mol. The molecule has 0 atom stereocenters. The summed E-state index contributed by atoms with van der Waals surface area (Å²) < 4.78 is 13.2. The van der Waals surface area contributed by atoms with Crippen molar-refractivity contribution < 1.29 is 4.39 Å². The molecule has 1 heterocycles. The first-order valence-electron chi connectivity index (χ1n) is 5.11. The lowest BCUT2D eigenvalue weighted by Crippen LogP contribution is -1.99. The quantitative estimate of drug-likeness (QED) is 0.443. The van der Waals surface area contributed by atoms with E-state index in [0.29, 0.717) is 22.5 Å². The molecule has 0 saturated carbocycles. The summed E-state index contributed by atoms with van der Waals surface area (Å²) in [5.74, 6) is 0.711. The fraction of sp³-hybridized carbons (Fsp3) is 0.0909. The first-order valence-corrected chi connectivity index (χ1v) is 6.10. The molecule has 7 heteroatoms. The lowest BCUT2D eigenvalue weighted by molar-refractivity contribution is 0.631. The van der Waals surface area contributed by atoms with Gasteiger partial charge in [-0.2, -0.15) is 0 Å². The van der Waals surface area contributed by atoms with Gasteiger partial charge in [-0.3, -0.25) is 0 Å². The van der Waals surface area contributed by atoms with Gasteiger partial charge in [-0.25, -0.2) is 14.4 Å². The van der Waals surface area contributed by atoms with Crippen LogP contribution in [0.25, 0.3) is 0 Å². The summed E-state index contributed by atoms with van der Waals surface area (Å²) >= 11 is 1.33. The number of nitrogens with zero attached hydrogens (tertiary/aromatic N) is 2. The van der Waals surface area contributed by atoms with E-state index < -0.39 is 5.82 Å². The molecule has 18 heavy (non-hydrogen) atoms. The van der Waals surface area contributed by atoms with Crippen molar-refractivity contribution in [2.24, 2.45) is 0 Å². The highest BCUT2D eigenvalue weighted by Crippen LogP contribution is 2.22. The number of rotatable bonds is 3. The van der Waals surface area contributed by atoms with Crippen LogP contribution in [0.4, 0.5) is 21.7 Å². The fourth-order valence-electron chi connectivity index (χ4n) is 1.33. The summed E-state index contributed by atoms with van der Waals surface area (Å²) in [5, 5.41) is 0.463. The minimum atomic E-state index is -0.430. The van der Waals surface area contributed by atoms with Gasteiger partial charge in [0.2, 0.25) is 0 Å². The average molecular weight is 265 g/mol. The molecule has 0 radical (unpaired) electrons. The molecule has 0 amide bonds. The molecule has 0 aliphatic carbocycles. The van der Waals surface area contributed by atoms with Crippen molar-refractivity contribution in [3.63, 3.8) is 0 Å². The van der Waals surface area contributed by atoms with Crippen LogP contribution in [0.1, 0.15) is 5.56 Å². The molecule has 2 aromatic rings. The van der Waals surface area contributed by atoms with Crippen LogP contribution in [0.5, 0.6) is 0 Å². The van der Waals surface area contributed by atoms with Gasteiger partial charge >= 0.3 is 0 Å². The van der Waals surface area contributed by atoms with Crippen LogP contribution < -0.4 is 17.2 Å². The number of nitrogen functional groups attached to an aromatic ring is 3. The zero-order valence-electron chi connectivity index (χ0n) is 9.43. The van der Waals surface area contributed by atoms with Gasteiger partial charge in [0.05, 0.1) is 5.69 Å². The van der Waals surface area contributed by atoms with E-state index in [2.05, 4.69) is 9.97 Å². The lowest BCUT2D eigenvalue weighted by Gasteiger charge is -2.04. The van der Waals surface area contributed by atoms with Gasteiger partial charge in [0.25, 0.3) is 0 Å². The molecule has 1 aromatic carbocycles. The molecule has 0 aliphatic rings. The molecule has 0 fully saturated rings. The predicted octanol–water partition coefficient (Wildman–Crippen LogP) is 1.65. The van der Waals surface area contributed by atoms with Crippen LogP contribution in [0.15, 0.2) is 29.4 Å². The Morgan fingerprint density at radius 3 is 2.33 bits per heavy atom. The second-order valence-electron chi connectivity index (χ2n) is 3.64. The molecule has 2 rings (SSSR count). The summed E-state index contributed by atoms with van der Waals surface area (Å²) in [5.41, 5.74) is 17.4. The van der Waals surface area contributed by atoms with Crippen molar-refractivity contribution in [1.29, 1.82) is 0 Å². The molecule has 0 spiro atoms. The Morgan fingerprint density at radius 1 is 1.06 bits per heavy atom. The second-order valence-corrected chi connectivity index (χ2v) is 4.59. The van der Waals surface area contributed by atoms with Crippen molar-refractivity contribution in [3.05, 3.63) is 35.6 Å². The normalized spacial score (nSPS) is 10.5. The van der Waals surface area contributed by atoms with Crippen LogP contribution in [-0.2, 0) is 5.75 Å². The molecule has 6 N–H and O–H groups in total. The molecule has 0 saturated heterocycles. The van der Waals surface area contributed by atoms with Gasteiger partial charge in [0.15, 0.2) is 5.16 Å². The van der Waals surface area contributed by atoms with Gasteiger partial charge < -0.3 is 17.2 Å². The first kappa shape index (κ1) is 12.4. The van der Waals surface area contributed by atoms with Gasteiger partial charge in [-0.05, 0) is 17.7 Å². The standard InChI is InChI=1S/C11H12FN5S/c12-7-3-6(1-2-8(7)13)5-18-11-16-9(14)4-10(15)17-11/h1-4H,5,13H2,(H4,14,15,16,17). The Bertz CT molecular complexity index is 555. The highest BCUT2D eigenvalue weighted by Gasteiger charge is 2.04. The van der Waals surface area contributed by atoms with Gasteiger partial charge in [0, 0.05) is 11.8 Å². The molecular formula is C11H12FN5S. The molecule has 94 valence electrons. The zero-order chi connectivity index (χ0) is 13.1. The maximum absolute atomic E-state index is 13.2. The third-order valence-corrected chi connectivity index (χ3v) is 3.10. The zero-order valence-corrected chi connectivity index (χ0v) is 10.2. The summed E-state index contributed by atoms with van der Waals surface area (Å²) in [6.45, 7) is 0. The van der Waals surface area contributed by atoms with Crippen molar-refractivity contribution in [3.8, 4) is 0 Å². The Balaban J connectivity index is 2.08. The number of benzene rings is 1. The van der Waals surface area contributed by atoms with E-state index in [0.717, 1.165) is 5.56 Å². The number of thioether (sulfide) groups is 1. The number of nitrogens with two attached hydrogens (primary N) is 3. The molecular weight excluding hydrogens is 253 g/mol. The largest absolute Gasteiger partial charge is 0.396 e. The summed E-state index contributed by atoms with van der Waals surface area (Å²) in [4.78, 5) is 8.04. The number of aromatic nitrogens is 2. The molecule has 1 aromatic heterocycles. The van der Waals surface area contributed by atoms with Gasteiger partial charge in [-0.1, -0.05) is 17.8 Å². The van der Waals surface area contributed by atoms with Crippen LogP contribution >= 0.6 is 11.8 Å². The molecule has 0 unspecified atom stereocenters. The number of hydrogen-bond donors (Lipinski definition) is 3. The first-order chi connectivity index (χ1) is 8.54. The maximum atomic E-state index is 13.2. The Morgan fingerprint density at radius 2 is 1.72 bits per heavy atom. The Hall–Kier alpha value is -2.02. The average Bonchev–Trinajstić information content (AvgIpc) is 2.29. The van der Waals surface area contributed by atoms with Crippen LogP contribution in [-0.4, -0.2) is 9.97 Å². The van der Waals surface area contributed by atoms with E-state index in [1.807, 2.05) is 0 Å². The lowest BCUT2D eigenvalue weighted by atomic mass is 10.2. The van der Waals surface area contributed by atoms with E-state index in [4.69, 9.17) is 17.2 Å². The summed E-state index contributed by atoms with van der Waals surface area (Å²) in [6, 6.07) is 6.14. The van der Waals surface area contributed by atoms with Crippen LogP contribution in [0.2, 0.25) is 0 Å². The summed E-state index contributed by atoms with van der Waals surface area (Å²) in [7, 11) is 0.